The summed E-state index contributed by atoms with van der Waals surface area (Å²) in [6.07, 6.45) is 13.9. The Hall–Kier alpha value is -2.35. The summed E-state index contributed by atoms with van der Waals surface area (Å²) in [6, 6.07) is 14.7. The van der Waals surface area contributed by atoms with Gasteiger partial charge in [0.2, 0.25) is 0 Å². The van der Waals surface area contributed by atoms with Crippen molar-refractivity contribution in [1.29, 1.82) is 0 Å². The number of carbonyl (C=O) groups is 2. The van der Waals surface area contributed by atoms with E-state index in [2.05, 4.69) is 48.3 Å². The second kappa shape index (κ2) is 17.2. The SMILES string of the molecule is CCC[C@H]1CC[C@@H](COCC2CCCCC2)N1Cc1ccc(C(=O)N[C@@H](CCSC)C(=O)OC)c(-c2ccccc2C)c1. The molecule has 0 aromatic heterocycles. The van der Waals surface area contributed by atoms with Crippen molar-refractivity contribution < 1.29 is 19.1 Å². The molecule has 1 aliphatic carbocycles. The number of thioether (sulfide) groups is 1. The molecule has 2 fully saturated rings. The molecule has 1 aliphatic heterocycles. The first-order valence-electron chi connectivity index (χ1n) is 16.3. The molecular weight excluding hydrogens is 556 g/mol. The third kappa shape index (κ3) is 9.32. The van der Waals surface area contributed by atoms with Gasteiger partial charge < -0.3 is 14.8 Å². The van der Waals surface area contributed by atoms with Crippen molar-refractivity contribution in [2.45, 2.75) is 103 Å². The zero-order valence-corrected chi connectivity index (χ0v) is 27.6. The molecule has 2 aliphatic rings. The molecule has 0 unspecified atom stereocenters. The zero-order chi connectivity index (χ0) is 30.6. The molecule has 1 amide bonds. The van der Waals surface area contributed by atoms with Crippen LogP contribution in [0.3, 0.4) is 0 Å². The highest BCUT2D eigenvalue weighted by Gasteiger charge is 2.33. The van der Waals surface area contributed by atoms with Gasteiger partial charge in [-0.3, -0.25) is 9.69 Å². The minimum absolute atomic E-state index is 0.250. The Morgan fingerprint density at radius 2 is 1.77 bits per heavy atom. The molecule has 1 heterocycles. The number of hydrogen-bond acceptors (Lipinski definition) is 6. The van der Waals surface area contributed by atoms with E-state index in [1.807, 2.05) is 24.5 Å². The monoisotopic (exact) mass is 608 g/mol. The molecule has 0 spiro atoms. The van der Waals surface area contributed by atoms with Crippen molar-refractivity contribution in [3.8, 4) is 11.1 Å². The van der Waals surface area contributed by atoms with Gasteiger partial charge in [-0.1, -0.05) is 62.9 Å². The molecule has 0 bridgehead atoms. The van der Waals surface area contributed by atoms with Crippen LogP contribution in [0.25, 0.3) is 11.1 Å². The van der Waals surface area contributed by atoms with Gasteiger partial charge in [0.15, 0.2) is 0 Å². The molecule has 3 atom stereocenters. The lowest BCUT2D eigenvalue weighted by molar-refractivity contribution is -0.142. The summed E-state index contributed by atoms with van der Waals surface area (Å²) in [5, 5.41) is 2.97. The van der Waals surface area contributed by atoms with Crippen molar-refractivity contribution in [2.75, 3.05) is 32.3 Å². The summed E-state index contributed by atoms with van der Waals surface area (Å²) < 4.78 is 11.4. The topological polar surface area (TPSA) is 67.9 Å². The van der Waals surface area contributed by atoms with Crippen LogP contribution in [0.5, 0.6) is 0 Å². The highest BCUT2D eigenvalue weighted by molar-refractivity contribution is 7.98. The molecule has 1 saturated heterocycles. The molecule has 2 aromatic rings. The first-order valence-corrected chi connectivity index (χ1v) is 17.7. The molecule has 1 N–H and O–H groups in total. The van der Waals surface area contributed by atoms with Crippen molar-refractivity contribution >= 4 is 23.6 Å². The fraction of sp³-hybridized carbons (Fsp3) is 0.611. The molecule has 1 saturated carbocycles. The number of carbonyl (C=O) groups excluding carboxylic acids is 2. The minimum Gasteiger partial charge on any atom is -0.467 e. The van der Waals surface area contributed by atoms with Crippen LogP contribution in [0.1, 0.15) is 92.6 Å². The average Bonchev–Trinajstić information content (AvgIpc) is 3.40. The van der Waals surface area contributed by atoms with Crippen molar-refractivity contribution in [2.24, 2.45) is 5.92 Å². The number of aryl methyl sites for hydroxylation is 1. The van der Waals surface area contributed by atoms with Gasteiger partial charge in [0.1, 0.15) is 6.04 Å². The predicted octanol–water partition coefficient (Wildman–Crippen LogP) is 7.42. The van der Waals surface area contributed by atoms with Gasteiger partial charge in [0.05, 0.1) is 13.7 Å². The van der Waals surface area contributed by atoms with E-state index in [0.717, 1.165) is 48.1 Å². The number of hydrogen-bond donors (Lipinski definition) is 1. The van der Waals surface area contributed by atoms with Gasteiger partial charge in [-0.25, -0.2) is 4.79 Å². The molecule has 0 radical (unpaired) electrons. The number of amides is 1. The van der Waals surface area contributed by atoms with Crippen LogP contribution in [0.4, 0.5) is 0 Å². The summed E-state index contributed by atoms with van der Waals surface area (Å²) in [5.41, 5.74) is 4.82. The van der Waals surface area contributed by atoms with Crippen molar-refractivity contribution in [3.63, 3.8) is 0 Å². The summed E-state index contributed by atoms with van der Waals surface area (Å²) in [4.78, 5) is 28.8. The Morgan fingerprint density at radius 3 is 2.49 bits per heavy atom. The molecule has 43 heavy (non-hydrogen) atoms. The Bertz CT molecular complexity index is 1180. The normalized spacial score (nSPS) is 20.2. The van der Waals surface area contributed by atoms with E-state index in [-0.39, 0.29) is 5.91 Å². The van der Waals surface area contributed by atoms with E-state index in [0.29, 0.717) is 24.1 Å². The van der Waals surface area contributed by atoms with Gasteiger partial charge >= 0.3 is 5.97 Å². The number of benzene rings is 2. The second-order valence-corrected chi connectivity index (χ2v) is 13.4. The van der Waals surface area contributed by atoms with Crippen LogP contribution < -0.4 is 5.32 Å². The Labute approximate surface area is 263 Å². The minimum atomic E-state index is -0.678. The maximum absolute atomic E-state index is 13.7. The molecular formula is C36H52N2O4S. The Morgan fingerprint density at radius 1 is 1.00 bits per heavy atom. The Balaban J connectivity index is 1.56. The molecule has 4 rings (SSSR count). The van der Waals surface area contributed by atoms with E-state index >= 15 is 0 Å². The number of ether oxygens (including phenoxy) is 2. The lowest BCUT2D eigenvalue weighted by Crippen LogP contribution is -2.42. The maximum atomic E-state index is 13.7. The highest BCUT2D eigenvalue weighted by Crippen LogP contribution is 2.33. The maximum Gasteiger partial charge on any atom is 0.328 e. The smallest absolute Gasteiger partial charge is 0.328 e. The Kier molecular flexibility index (Phi) is 13.4. The van der Waals surface area contributed by atoms with E-state index in [9.17, 15) is 9.59 Å². The van der Waals surface area contributed by atoms with Crippen molar-refractivity contribution in [3.05, 3.63) is 59.2 Å². The van der Waals surface area contributed by atoms with E-state index < -0.39 is 12.0 Å². The number of likely N-dealkylation sites (tertiary alicyclic amines) is 1. The van der Waals surface area contributed by atoms with Crippen LogP contribution in [0.15, 0.2) is 42.5 Å². The van der Waals surface area contributed by atoms with Gasteiger partial charge in [-0.2, -0.15) is 11.8 Å². The fourth-order valence-corrected chi connectivity index (χ4v) is 7.35. The average molecular weight is 609 g/mol. The van der Waals surface area contributed by atoms with E-state index in [1.54, 1.807) is 11.8 Å². The zero-order valence-electron chi connectivity index (χ0n) is 26.7. The van der Waals surface area contributed by atoms with Crippen LogP contribution in [0, 0.1) is 12.8 Å². The summed E-state index contributed by atoms with van der Waals surface area (Å²) >= 11 is 1.64. The van der Waals surface area contributed by atoms with Crippen LogP contribution in [-0.2, 0) is 20.8 Å². The molecule has 7 heteroatoms. The number of nitrogens with one attached hydrogen (secondary N) is 1. The number of methoxy groups -OCH3 is 1. The van der Waals surface area contributed by atoms with Crippen LogP contribution >= 0.6 is 11.8 Å². The molecule has 236 valence electrons. The lowest BCUT2D eigenvalue weighted by atomic mass is 9.90. The first-order chi connectivity index (χ1) is 20.9. The standard InChI is InChI=1S/C36H52N2O4S/c1-5-11-29-17-18-30(25-42-24-27-13-7-6-8-14-27)38(29)23-28-16-19-32(33(22-28)31-15-10-9-12-26(31)2)35(39)37-34(20-21-43-4)36(40)41-3/h9-10,12,15-16,19,22,27,29-30,34H,5-8,11,13-14,17-18,20-21,23-25H2,1-4H3,(H,37,39)/t29-,30-,34-/m0/s1. The summed E-state index contributed by atoms with van der Waals surface area (Å²) in [6.45, 7) is 6.88. The lowest BCUT2D eigenvalue weighted by Gasteiger charge is -2.31. The number of rotatable bonds is 15. The highest BCUT2D eigenvalue weighted by atomic mass is 32.2. The van der Waals surface area contributed by atoms with Gasteiger partial charge in [-0.05, 0) is 97.8 Å². The van der Waals surface area contributed by atoms with E-state index in [4.69, 9.17) is 9.47 Å². The summed E-state index contributed by atoms with van der Waals surface area (Å²) in [7, 11) is 1.37. The molecule has 2 aromatic carbocycles. The van der Waals surface area contributed by atoms with E-state index in [1.165, 1.54) is 70.5 Å². The predicted molar refractivity (Wildman–Crippen MR) is 178 cm³/mol. The second-order valence-electron chi connectivity index (χ2n) is 12.4. The summed E-state index contributed by atoms with van der Waals surface area (Å²) in [5.74, 6) is 0.818. The fourth-order valence-electron chi connectivity index (χ4n) is 6.88. The van der Waals surface area contributed by atoms with Gasteiger partial charge in [-0.15, -0.1) is 0 Å². The van der Waals surface area contributed by atoms with Crippen LogP contribution in [0.2, 0.25) is 0 Å². The first kappa shape index (κ1) is 33.5. The quantitative estimate of drug-likeness (QED) is 0.212. The van der Waals surface area contributed by atoms with Crippen molar-refractivity contribution in [1.82, 2.24) is 10.2 Å². The third-order valence-corrected chi connectivity index (χ3v) is 9.96. The van der Waals surface area contributed by atoms with Gasteiger partial charge in [0.25, 0.3) is 5.91 Å². The van der Waals surface area contributed by atoms with Crippen LogP contribution in [-0.4, -0.2) is 67.2 Å². The van der Waals surface area contributed by atoms with Gasteiger partial charge in [0, 0.05) is 30.8 Å². The largest absolute Gasteiger partial charge is 0.467 e. The molecule has 6 nitrogen and oxygen atoms in total. The number of esters is 1. The number of nitrogens with zero attached hydrogens (tertiary/aromatic N) is 1. The third-order valence-electron chi connectivity index (χ3n) is 9.31.